The summed E-state index contributed by atoms with van der Waals surface area (Å²) in [6.45, 7) is 2.66. The lowest BCUT2D eigenvalue weighted by Crippen LogP contribution is -2.19. The Morgan fingerprint density at radius 2 is 1.92 bits per heavy atom. The number of benzene rings is 2. The van der Waals surface area contributed by atoms with E-state index in [0.29, 0.717) is 31.1 Å². The van der Waals surface area contributed by atoms with Gasteiger partial charge in [-0.25, -0.2) is 4.39 Å². The Hall–Kier alpha value is -2.53. The number of likely N-dealkylation sites (N-methyl/N-ethyl adjacent to an activating group) is 1. The van der Waals surface area contributed by atoms with E-state index < -0.39 is 0 Å². The molecule has 132 valence electrons. The van der Waals surface area contributed by atoms with Gasteiger partial charge in [0.15, 0.2) is 11.5 Å². The van der Waals surface area contributed by atoms with Gasteiger partial charge in [0.1, 0.15) is 24.8 Å². The van der Waals surface area contributed by atoms with E-state index in [4.69, 9.17) is 14.2 Å². The first-order valence-corrected chi connectivity index (χ1v) is 8.23. The summed E-state index contributed by atoms with van der Waals surface area (Å²) in [5, 5.41) is 0. The van der Waals surface area contributed by atoms with Crippen molar-refractivity contribution in [2.45, 2.75) is 6.54 Å². The van der Waals surface area contributed by atoms with Gasteiger partial charge in [-0.2, -0.15) is 0 Å². The summed E-state index contributed by atoms with van der Waals surface area (Å²) in [6.07, 6.45) is 3.73. The van der Waals surface area contributed by atoms with Crippen molar-refractivity contribution in [2.24, 2.45) is 0 Å². The van der Waals surface area contributed by atoms with Crippen LogP contribution in [0.5, 0.6) is 17.2 Å². The fourth-order valence-corrected chi connectivity index (χ4v) is 2.69. The number of methoxy groups -OCH3 is 1. The molecule has 0 aliphatic carbocycles. The van der Waals surface area contributed by atoms with Crippen LogP contribution in [0.4, 0.5) is 4.39 Å². The van der Waals surface area contributed by atoms with Crippen molar-refractivity contribution in [3.8, 4) is 17.2 Å². The highest BCUT2D eigenvalue weighted by Crippen LogP contribution is 2.31. The number of fused-ring (bicyclic) bond motifs is 1. The minimum absolute atomic E-state index is 0.287. The van der Waals surface area contributed by atoms with Crippen LogP contribution in [-0.4, -0.2) is 38.8 Å². The predicted octanol–water partition coefficient (Wildman–Crippen LogP) is 3.75. The van der Waals surface area contributed by atoms with Gasteiger partial charge >= 0.3 is 0 Å². The largest absolute Gasteiger partial charge is 0.497 e. The molecular formula is C20H22FNO3. The molecule has 0 amide bonds. The smallest absolute Gasteiger partial charge is 0.161 e. The zero-order valence-electron chi connectivity index (χ0n) is 14.5. The van der Waals surface area contributed by atoms with E-state index in [2.05, 4.69) is 4.90 Å². The molecular weight excluding hydrogens is 321 g/mol. The molecule has 0 N–H and O–H groups in total. The van der Waals surface area contributed by atoms with Crippen molar-refractivity contribution in [2.75, 3.05) is 33.9 Å². The lowest BCUT2D eigenvalue weighted by atomic mass is 10.1. The Balaban J connectivity index is 1.56. The number of ether oxygens (including phenoxy) is 3. The third-order valence-electron chi connectivity index (χ3n) is 3.98. The molecule has 0 atom stereocenters. The van der Waals surface area contributed by atoms with Crippen molar-refractivity contribution in [3.05, 3.63) is 59.4 Å². The normalized spacial score (nSPS) is 13.4. The van der Waals surface area contributed by atoms with E-state index in [1.807, 2.05) is 31.3 Å². The molecule has 0 unspecified atom stereocenters. The van der Waals surface area contributed by atoms with Gasteiger partial charge in [0.2, 0.25) is 0 Å². The maximum absolute atomic E-state index is 13.9. The summed E-state index contributed by atoms with van der Waals surface area (Å²) < 4.78 is 30.0. The van der Waals surface area contributed by atoms with Crippen LogP contribution in [0.15, 0.2) is 42.5 Å². The van der Waals surface area contributed by atoms with E-state index >= 15 is 0 Å². The number of nitrogens with zero attached hydrogens (tertiary/aromatic N) is 1. The number of halogens is 1. The van der Waals surface area contributed by atoms with Gasteiger partial charge in [0.25, 0.3) is 0 Å². The van der Waals surface area contributed by atoms with E-state index in [1.54, 1.807) is 18.2 Å². The van der Waals surface area contributed by atoms with Crippen LogP contribution in [0.2, 0.25) is 0 Å². The van der Waals surface area contributed by atoms with Crippen molar-refractivity contribution in [1.29, 1.82) is 0 Å². The molecule has 1 heterocycles. The van der Waals surface area contributed by atoms with E-state index in [-0.39, 0.29) is 5.82 Å². The Morgan fingerprint density at radius 1 is 1.12 bits per heavy atom. The Labute approximate surface area is 147 Å². The molecule has 3 rings (SSSR count). The SMILES string of the molecule is COc1ccc(C=CCN(C)Cc2ccc3c(c2)OCCO3)c(F)c1. The number of hydrogen-bond donors (Lipinski definition) is 0. The maximum atomic E-state index is 13.9. The minimum atomic E-state index is -0.287. The standard InChI is InChI=1S/C20H22FNO3/c1-22(9-3-4-16-6-7-17(23-2)13-18(16)21)14-15-5-8-19-20(12-15)25-11-10-24-19/h3-8,12-13H,9-11,14H2,1-2H3. The lowest BCUT2D eigenvalue weighted by molar-refractivity contribution is 0.171. The Morgan fingerprint density at radius 3 is 2.68 bits per heavy atom. The molecule has 0 saturated heterocycles. The monoisotopic (exact) mass is 343 g/mol. The van der Waals surface area contributed by atoms with Crippen LogP contribution in [-0.2, 0) is 6.54 Å². The molecule has 0 fully saturated rings. The van der Waals surface area contributed by atoms with Gasteiger partial charge in [-0.05, 0) is 36.9 Å². The molecule has 25 heavy (non-hydrogen) atoms. The topological polar surface area (TPSA) is 30.9 Å². The van der Waals surface area contributed by atoms with Crippen LogP contribution >= 0.6 is 0 Å². The summed E-state index contributed by atoms with van der Waals surface area (Å²) in [6, 6.07) is 10.8. The molecule has 0 bridgehead atoms. The molecule has 0 spiro atoms. The van der Waals surface area contributed by atoms with Crippen LogP contribution < -0.4 is 14.2 Å². The molecule has 1 aliphatic rings. The molecule has 4 nitrogen and oxygen atoms in total. The van der Waals surface area contributed by atoms with Gasteiger partial charge in [0, 0.05) is 24.7 Å². The lowest BCUT2D eigenvalue weighted by Gasteiger charge is -2.20. The average molecular weight is 343 g/mol. The maximum Gasteiger partial charge on any atom is 0.161 e. The average Bonchev–Trinajstić information content (AvgIpc) is 2.63. The van der Waals surface area contributed by atoms with E-state index in [1.165, 1.54) is 13.2 Å². The van der Waals surface area contributed by atoms with Crippen LogP contribution in [0.3, 0.4) is 0 Å². The Kier molecular flexibility index (Phi) is 5.56. The minimum Gasteiger partial charge on any atom is -0.497 e. The number of hydrogen-bond acceptors (Lipinski definition) is 4. The first-order chi connectivity index (χ1) is 12.2. The predicted molar refractivity (Wildman–Crippen MR) is 95.8 cm³/mol. The molecule has 2 aromatic rings. The van der Waals surface area contributed by atoms with Gasteiger partial charge in [0.05, 0.1) is 7.11 Å². The fraction of sp³-hybridized carbons (Fsp3) is 0.300. The van der Waals surface area contributed by atoms with E-state index in [9.17, 15) is 4.39 Å². The van der Waals surface area contributed by atoms with Crippen LogP contribution in [0.25, 0.3) is 6.08 Å². The zero-order chi connectivity index (χ0) is 17.6. The van der Waals surface area contributed by atoms with Crippen molar-refractivity contribution < 1.29 is 18.6 Å². The van der Waals surface area contributed by atoms with Crippen LogP contribution in [0, 0.1) is 5.82 Å². The summed E-state index contributed by atoms with van der Waals surface area (Å²) in [7, 11) is 3.54. The van der Waals surface area contributed by atoms with Crippen LogP contribution in [0.1, 0.15) is 11.1 Å². The highest BCUT2D eigenvalue weighted by atomic mass is 19.1. The first-order valence-electron chi connectivity index (χ1n) is 8.23. The summed E-state index contributed by atoms with van der Waals surface area (Å²) >= 11 is 0. The second-order valence-electron chi connectivity index (χ2n) is 5.96. The van der Waals surface area contributed by atoms with Gasteiger partial charge < -0.3 is 14.2 Å². The first kappa shape index (κ1) is 17.3. The van der Waals surface area contributed by atoms with Gasteiger partial charge in [-0.3, -0.25) is 4.90 Å². The quantitative estimate of drug-likeness (QED) is 0.799. The third-order valence-corrected chi connectivity index (χ3v) is 3.98. The summed E-state index contributed by atoms with van der Waals surface area (Å²) in [5.41, 5.74) is 1.70. The molecule has 0 aromatic heterocycles. The zero-order valence-corrected chi connectivity index (χ0v) is 14.5. The van der Waals surface area contributed by atoms with Crippen molar-refractivity contribution in [3.63, 3.8) is 0 Å². The molecule has 0 radical (unpaired) electrons. The second kappa shape index (κ2) is 8.03. The highest BCUT2D eigenvalue weighted by Gasteiger charge is 2.12. The molecule has 1 aliphatic heterocycles. The van der Waals surface area contributed by atoms with Crippen molar-refractivity contribution >= 4 is 6.08 Å². The molecule has 2 aromatic carbocycles. The highest BCUT2D eigenvalue weighted by molar-refractivity contribution is 5.51. The molecule has 0 saturated carbocycles. The van der Waals surface area contributed by atoms with Gasteiger partial charge in [-0.1, -0.05) is 18.2 Å². The fourth-order valence-electron chi connectivity index (χ4n) is 2.69. The van der Waals surface area contributed by atoms with E-state index in [0.717, 1.165) is 23.6 Å². The Bertz CT molecular complexity index is 761. The third kappa shape index (κ3) is 4.51. The second-order valence-corrected chi connectivity index (χ2v) is 5.96. The summed E-state index contributed by atoms with van der Waals surface area (Å²) in [4.78, 5) is 2.14. The van der Waals surface area contributed by atoms with Crippen molar-refractivity contribution in [1.82, 2.24) is 4.90 Å². The molecule has 5 heteroatoms. The van der Waals surface area contributed by atoms with Gasteiger partial charge in [-0.15, -0.1) is 0 Å². The summed E-state index contributed by atoms with van der Waals surface area (Å²) in [5.74, 6) is 1.83. The number of rotatable bonds is 6.